The smallest absolute Gasteiger partial charge is 0.490 e. The number of carboxylic acids is 1. The van der Waals surface area contributed by atoms with Crippen molar-refractivity contribution in [2.45, 2.75) is 38.8 Å². The molecule has 0 spiro atoms. The molecule has 1 amide bonds. The Balaban J connectivity index is 0.000000521. The van der Waals surface area contributed by atoms with E-state index in [4.69, 9.17) is 31.0 Å². The number of ether oxygens (including phenoxy) is 1. The van der Waals surface area contributed by atoms with Gasteiger partial charge in [-0.15, -0.1) is 0 Å². The Kier molecular flexibility index (Phi) is 13.8. The highest BCUT2D eigenvalue weighted by Crippen LogP contribution is 2.22. The number of benzene rings is 2. The monoisotopic (exact) mass is 516 g/mol. The zero-order chi connectivity index (χ0) is 26.3. The number of hydrogen-bond acceptors (Lipinski definition) is 4. The molecule has 2 aromatic carbocycles. The number of primary amides is 1. The third-order valence-electron chi connectivity index (χ3n) is 5.17. The predicted molar refractivity (Wildman–Crippen MR) is 130 cm³/mol. The van der Waals surface area contributed by atoms with Crippen LogP contribution in [0.5, 0.6) is 5.75 Å². The molecule has 1 saturated heterocycles. The van der Waals surface area contributed by atoms with Gasteiger partial charge in [-0.25, -0.2) is 4.79 Å². The maximum atomic E-state index is 10.6. The van der Waals surface area contributed by atoms with Crippen molar-refractivity contribution in [2.24, 2.45) is 11.7 Å². The van der Waals surface area contributed by atoms with Crippen LogP contribution in [0.1, 0.15) is 30.4 Å². The van der Waals surface area contributed by atoms with Crippen molar-refractivity contribution in [1.82, 2.24) is 4.90 Å². The van der Waals surface area contributed by atoms with E-state index in [1.807, 2.05) is 24.3 Å². The van der Waals surface area contributed by atoms with Crippen molar-refractivity contribution in [3.63, 3.8) is 0 Å². The van der Waals surface area contributed by atoms with Gasteiger partial charge in [0.2, 0.25) is 6.41 Å². The highest BCUT2D eigenvalue weighted by atomic mass is 35.5. The minimum absolute atomic E-state index is 0.250. The van der Waals surface area contributed by atoms with Crippen LogP contribution >= 0.6 is 11.6 Å². The van der Waals surface area contributed by atoms with Gasteiger partial charge in [0.05, 0.1) is 6.61 Å². The summed E-state index contributed by atoms with van der Waals surface area (Å²) in [5.74, 6) is -0.989. The zero-order valence-corrected chi connectivity index (χ0v) is 20.4. The Morgan fingerprint density at radius 2 is 1.69 bits per heavy atom. The summed E-state index contributed by atoms with van der Waals surface area (Å²) >= 11 is 5.87. The molecule has 0 atom stereocenters. The molecule has 3 rings (SSSR count). The maximum Gasteiger partial charge on any atom is 0.490 e. The minimum Gasteiger partial charge on any atom is -0.494 e. The van der Waals surface area contributed by atoms with E-state index in [1.54, 1.807) is 0 Å². The summed E-state index contributed by atoms with van der Waals surface area (Å²) in [6.07, 6.45) is 0.0123. The number of halogens is 4. The standard InChI is InChI=1S/C22H28ClNO.C2HF3O2.CH3NO/c1-18-6-8-19(9-7-18)4-2-14-24-16-20(17-24)5-3-15-25-22-12-10-21(23)11-13-22;3-2(4,5)1(6)7;2-1-3/h6-13,20H,2-5,14-17H2,1H3;(H,6,7);1H,(H2,2,3). The summed E-state index contributed by atoms with van der Waals surface area (Å²) in [5.41, 5.74) is 6.97. The van der Waals surface area contributed by atoms with Crippen molar-refractivity contribution >= 4 is 24.0 Å². The van der Waals surface area contributed by atoms with Crippen LogP contribution in [-0.2, 0) is 16.0 Å². The Labute approximate surface area is 208 Å². The number of nitrogens with two attached hydrogens (primary N) is 1. The first-order chi connectivity index (χ1) is 16.5. The number of carbonyl (C=O) groups excluding carboxylic acids is 1. The number of rotatable bonds is 9. The number of carbonyl (C=O) groups is 2. The number of hydrogen-bond donors (Lipinski definition) is 2. The number of amides is 1. The molecule has 6 nitrogen and oxygen atoms in total. The Morgan fingerprint density at radius 3 is 2.20 bits per heavy atom. The van der Waals surface area contributed by atoms with Crippen molar-refractivity contribution in [3.8, 4) is 5.75 Å². The summed E-state index contributed by atoms with van der Waals surface area (Å²) in [4.78, 5) is 20.1. The number of aliphatic carboxylic acids is 1. The molecule has 3 N–H and O–H groups in total. The first-order valence-corrected chi connectivity index (χ1v) is 11.5. The third-order valence-corrected chi connectivity index (χ3v) is 5.43. The van der Waals surface area contributed by atoms with Gasteiger partial charge in [-0.05, 0) is 74.9 Å². The first-order valence-electron chi connectivity index (χ1n) is 11.2. The van der Waals surface area contributed by atoms with E-state index in [2.05, 4.69) is 41.8 Å². The summed E-state index contributed by atoms with van der Waals surface area (Å²) in [6.45, 7) is 6.69. The average Bonchev–Trinajstić information content (AvgIpc) is 2.77. The molecule has 0 aromatic heterocycles. The molecule has 35 heavy (non-hydrogen) atoms. The van der Waals surface area contributed by atoms with Crippen LogP contribution in [0.15, 0.2) is 48.5 Å². The van der Waals surface area contributed by atoms with Gasteiger partial charge in [0.25, 0.3) is 0 Å². The first kappa shape index (κ1) is 30.3. The second-order valence-corrected chi connectivity index (χ2v) is 8.53. The molecule has 10 heteroatoms. The normalized spacial score (nSPS) is 13.4. The summed E-state index contributed by atoms with van der Waals surface area (Å²) in [6, 6.07) is 16.5. The third kappa shape index (κ3) is 13.6. The highest BCUT2D eigenvalue weighted by molar-refractivity contribution is 6.30. The van der Waals surface area contributed by atoms with Gasteiger partial charge in [-0.1, -0.05) is 41.4 Å². The fourth-order valence-corrected chi connectivity index (χ4v) is 3.52. The quantitative estimate of drug-likeness (QED) is 0.357. The van der Waals surface area contributed by atoms with Crippen LogP contribution in [0.25, 0.3) is 0 Å². The predicted octanol–water partition coefficient (Wildman–Crippen LogP) is 5.11. The molecular weight excluding hydrogens is 485 g/mol. The Morgan fingerprint density at radius 1 is 1.14 bits per heavy atom. The zero-order valence-electron chi connectivity index (χ0n) is 19.6. The van der Waals surface area contributed by atoms with E-state index in [-0.39, 0.29) is 6.41 Å². The average molecular weight is 517 g/mol. The van der Waals surface area contributed by atoms with Crippen molar-refractivity contribution in [3.05, 3.63) is 64.7 Å². The van der Waals surface area contributed by atoms with Gasteiger partial charge in [-0.3, -0.25) is 4.79 Å². The van der Waals surface area contributed by atoms with E-state index in [0.29, 0.717) is 0 Å². The van der Waals surface area contributed by atoms with Crippen molar-refractivity contribution in [1.29, 1.82) is 0 Å². The lowest BCUT2D eigenvalue weighted by atomic mass is 9.94. The SMILES string of the molecule is Cc1ccc(CCCN2CC(CCCOc3ccc(Cl)cc3)C2)cc1.NC=O.O=C(O)C(F)(F)F. The fourth-order valence-electron chi connectivity index (χ4n) is 3.40. The molecular formula is C25H32ClF3N2O4. The molecule has 194 valence electrons. The summed E-state index contributed by atoms with van der Waals surface area (Å²) in [5, 5.41) is 7.88. The van der Waals surface area contributed by atoms with E-state index in [0.717, 1.165) is 29.7 Å². The summed E-state index contributed by atoms with van der Waals surface area (Å²) < 4.78 is 37.5. The maximum absolute atomic E-state index is 10.6. The lowest BCUT2D eigenvalue weighted by Gasteiger charge is -2.39. The molecule has 1 aliphatic heterocycles. The van der Waals surface area contributed by atoms with Gasteiger partial charge in [0, 0.05) is 18.1 Å². The molecule has 2 aromatic rings. The second-order valence-electron chi connectivity index (χ2n) is 8.10. The highest BCUT2D eigenvalue weighted by Gasteiger charge is 2.38. The molecule has 0 unspecified atom stereocenters. The topological polar surface area (TPSA) is 92.9 Å². The molecule has 0 aliphatic carbocycles. The van der Waals surface area contributed by atoms with Crippen LogP contribution in [0.4, 0.5) is 13.2 Å². The summed E-state index contributed by atoms with van der Waals surface area (Å²) in [7, 11) is 0. The van der Waals surface area contributed by atoms with Gasteiger partial charge < -0.3 is 20.5 Å². The van der Waals surface area contributed by atoms with Gasteiger partial charge in [0.1, 0.15) is 5.75 Å². The number of aryl methyl sites for hydroxylation is 2. The molecule has 1 fully saturated rings. The van der Waals surface area contributed by atoms with E-state index in [9.17, 15) is 13.2 Å². The van der Waals surface area contributed by atoms with Crippen LogP contribution in [-0.4, -0.2) is 54.8 Å². The molecule has 0 saturated carbocycles. The van der Waals surface area contributed by atoms with Crippen molar-refractivity contribution < 1.29 is 32.6 Å². The van der Waals surface area contributed by atoms with E-state index >= 15 is 0 Å². The van der Waals surface area contributed by atoms with Crippen molar-refractivity contribution in [2.75, 3.05) is 26.2 Å². The lowest BCUT2D eigenvalue weighted by Crippen LogP contribution is -2.47. The minimum atomic E-state index is -5.08. The van der Waals surface area contributed by atoms with Gasteiger partial charge in [-0.2, -0.15) is 13.2 Å². The van der Waals surface area contributed by atoms with Gasteiger partial charge in [0.15, 0.2) is 0 Å². The number of carboxylic acid groups (broad SMARTS) is 1. The number of likely N-dealkylation sites (tertiary alicyclic amines) is 1. The number of alkyl halides is 3. The molecule has 0 radical (unpaired) electrons. The molecule has 0 bridgehead atoms. The van der Waals surface area contributed by atoms with Crippen LogP contribution < -0.4 is 10.5 Å². The second kappa shape index (κ2) is 16.0. The van der Waals surface area contributed by atoms with Crippen LogP contribution in [0.2, 0.25) is 5.02 Å². The van der Waals surface area contributed by atoms with Crippen LogP contribution in [0.3, 0.4) is 0 Å². The molecule has 1 aliphatic rings. The Bertz CT molecular complexity index is 872. The number of nitrogens with zero attached hydrogens (tertiary/aromatic N) is 1. The van der Waals surface area contributed by atoms with E-state index in [1.165, 1.54) is 50.0 Å². The van der Waals surface area contributed by atoms with E-state index < -0.39 is 12.1 Å². The largest absolute Gasteiger partial charge is 0.494 e. The van der Waals surface area contributed by atoms with Gasteiger partial charge >= 0.3 is 12.1 Å². The van der Waals surface area contributed by atoms with Crippen LogP contribution in [0, 0.1) is 12.8 Å². The fraction of sp³-hybridized carbons (Fsp3) is 0.440. The lowest BCUT2D eigenvalue weighted by molar-refractivity contribution is -0.192. The molecule has 1 heterocycles. The Hall–Kier alpha value is -2.78.